The fourth-order valence-electron chi connectivity index (χ4n) is 9.34. The van der Waals surface area contributed by atoms with Crippen LogP contribution in [0.4, 0.5) is 0 Å². The second-order valence-corrected chi connectivity index (χ2v) is 27.0. The number of aliphatic hydroxyl groups is 1. The van der Waals surface area contributed by atoms with Crippen molar-refractivity contribution in [2.75, 3.05) is 39.6 Å². The third-order valence-corrected chi connectivity index (χ3v) is 16.5. The first-order valence-corrected chi connectivity index (χ1v) is 36.8. The molecule has 2 unspecified atom stereocenters. The van der Waals surface area contributed by atoms with Crippen molar-refractivity contribution in [3.05, 3.63) is 24.3 Å². The van der Waals surface area contributed by atoms with E-state index in [1.165, 1.54) is 103 Å². The number of ether oxygens (including phenoxy) is 4. The highest BCUT2D eigenvalue weighted by Gasteiger charge is 2.30. The summed E-state index contributed by atoms with van der Waals surface area (Å²) in [6, 6.07) is 0. The van der Waals surface area contributed by atoms with Crippen molar-refractivity contribution in [1.82, 2.24) is 0 Å². The van der Waals surface area contributed by atoms with Gasteiger partial charge >= 0.3 is 39.5 Å². The lowest BCUT2D eigenvalue weighted by Crippen LogP contribution is -2.30. The summed E-state index contributed by atoms with van der Waals surface area (Å²) in [5.74, 6) is -0.822. The monoisotopic (exact) mass is 1250 g/mol. The van der Waals surface area contributed by atoms with Crippen molar-refractivity contribution < 1.29 is 80.2 Å². The molecule has 0 aliphatic rings. The van der Waals surface area contributed by atoms with Gasteiger partial charge in [-0.25, -0.2) is 9.13 Å². The molecule has 0 aliphatic heterocycles. The first-order chi connectivity index (χ1) is 40.9. The van der Waals surface area contributed by atoms with Gasteiger partial charge in [0.2, 0.25) is 0 Å². The average molecular weight is 1250 g/mol. The molecule has 0 aromatic heterocycles. The highest BCUT2D eigenvalue weighted by atomic mass is 31.2. The first kappa shape index (κ1) is 82.5. The van der Waals surface area contributed by atoms with Crippen molar-refractivity contribution in [3.8, 4) is 0 Å². The molecule has 0 radical (unpaired) electrons. The van der Waals surface area contributed by atoms with E-state index in [0.717, 1.165) is 109 Å². The van der Waals surface area contributed by atoms with Gasteiger partial charge in [0, 0.05) is 25.7 Å². The van der Waals surface area contributed by atoms with Crippen LogP contribution >= 0.6 is 15.6 Å². The number of rotatable bonds is 63. The summed E-state index contributed by atoms with van der Waals surface area (Å²) in [5.41, 5.74) is 0. The number of hydrogen-bond acceptors (Lipinski definition) is 15. The summed E-state index contributed by atoms with van der Waals surface area (Å²) in [6.45, 7) is 9.26. The van der Waals surface area contributed by atoms with Gasteiger partial charge in [-0.2, -0.15) is 0 Å². The van der Waals surface area contributed by atoms with Gasteiger partial charge in [0.1, 0.15) is 19.3 Å². The lowest BCUT2D eigenvalue weighted by Gasteiger charge is -2.21. The molecule has 0 rings (SSSR count). The van der Waals surface area contributed by atoms with Gasteiger partial charge in [0.25, 0.3) is 0 Å². The third-order valence-electron chi connectivity index (χ3n) is 14.6. The summed E-state index contributed by atoms with van der Waals surface area (Å²) in [7, 11) is -9.90. The second kappa shape index (κ2) is 57.9. The maximum absolute atomic E-state index is 13.0. The zero-order valence-electron chi connectivity index (χ0n) is 54.4. The van der Waals surface area contributed by atoms with Gasteiger partial charge in [-0.3, -0.25) is 37.3 Å². The Kier molecular flexibility index (Phi) is 56.3. The van der Waals surface area contributed by atoms with E-state index in [1.54, 1.807) is 0 Å². The van der Waals surface area contributed by atoms with Crippen LogP contribution in [-0.2, 0) is 65.4 Å². The highest BCUT2D eigenvalue weighted by Crippen LogP contribution is 2.45. The molecule has 17 nitrogen and oxygen atoms in total. The molecule has 0 saturated carbocycles. The quantitative estimate of drug-likeness (QED) is 0.0169. The Bertz CT molecular complexity index is 1760. The molecule has 0 aromatic rings. The Morgan fingerprint density at radius 1 is 0.365 bits per heavy atom. The molecule has 0 bridgehead atoms. The van der Waals surface area contributed by atoms with Crippen molar-refractivity contribution in [1.29, 1.82) is 0 Å². The number of phosphoric ester groups is 2. The SMILES string of the molecule is CCCCCC/C=C\C=C/CCCCCCCC(=O)O[C@H](COC(=O)CCCCCCCCCCCCCC)COP(=O)(O)OC[C@@H](O)COP(=O)(O)OC[C@@H](COC(=O)CCCCCCCCC(C)C)OC(=O)CCCCCCCCC(C)C. The number of allylic oxidation sites excluding steroid dienone is 4. The first-order valence-electron chi connectivity index (χ1n) is 33.8. The largest absolute Gasteiger partial charge is 0.472 e. The van der Waals surface area contributed by atoms with E-state index >= 15 is 0 Å². The van der Waals surface area contributed by atoms with Crippen LogP contribution in [-0.4, -0.2) is 96.7 Å². The highest BCUT2D eigenvalue weighted by molar-refractivity contribution is 7.47. The number of hydrogen-bond donors (Lipinski definition) is 3. The molecular formula is C66H124O17P2. The zero-order chi connectivity index (χ0) is 62.9. The number of unbranched alkanes of at least 4 members (excludes halogenated alkanes) is 30. The average Bonchev–Trinajstić information content (AvgIpc) is 3.60. The van der Waals surface area contributed by atoms with Gasteiger partial charge < -0.3 is 33.8 Å². The summed E-state index contributed by atoms with van der Waals surface area (Å²) >= 11 is 0. The molecular weight excluding hydrogens is 1130 g/mol. The van der Waals surface area contributed by atoms with Crippen LogP contribution in [0.2, 0.25) is 0 Å². The summed E-state index contributed by atoms with van der Waals surface area (Å²) in [4.78, 5) is 72.2. The molecule has 0 saturated heterocycles. The number of carbonyl (C=O) groups excluding carboxylic acids is 4. The normalized spacial score (nSPS) is 14.4. The van der Waals surface area contributed by atoms with Crippen LogP contribution in [0, 0.1) is 11.8 Å². The molecule has 0 aliphatic carbocycles. The Morgan fingerprint density at radius 3 is 0.965 bits per heavy atom. The molecule has 500 valence electrons. The van der Waals surface area contributed by atoms with Crippen molar-refractivity contribution >= 4 is 39.5 Å². The number of esters is 4. The van der Waals surface area contributed by atoms with E-state index in [1.807, 2.05) is 0 Å². The van der Waals surface area contributed by atoms with Crippen LogP contribution in [0.1, 0.15) is 305 Å². The van der Waals surface area contributed by atoms with E-state index in [-0.39, 0.29) is 25.7 Å². The predicted octanol–water partition coefficient (Wildman–Crippen LogP) is 18.0. The van der Waals surface area contributed by atoms with Crippen molar-refractivity contribution in [2.45, 2.75) is 323 Å². The Labute approximate surface area is 516 Å². The molecule has 19 heteroatoms. The number of phosphoric acid groups is 2. The van der Waals surface area contributed by atoms with Crippen molar-refractivity contribution in [3.63, 3.8) is 0 Å². The summed E-state index contributed by atoms with van der Waals surface area (Å²) < 4.78 is 68.0. The topological polar surface area (TPSA) is 237 Å². The molecule has 0 heterocycles. The zero-order valence-corrected chi connectivity index (χ0v) is 56.2. The van der Waals surface area contributed by atoms with Crippen LogP contribution in [0.15, 0.2) is 24.3 Å². The lowest BCUT2D eigenvalue weighted by molar-refractivity contribution is -0.161. The van der Waals surface area contributed by atoms with Gasteiger partial charge in [-0.05, 0) is 63.2 Å². The maximum Gasteiger partial charge on any atom is 0.472 e. The van der Waals surface area contributed by atoms with Crippen molar-refractivity contribution in [2.24, 2.45) is 11.8 Å². The Hall–Kier alpha value is -2.46. The Morgan fingerprint density at radius 2 is 0.635 bits per heavy atom. The number of aliphatic hydroxyl groups excluding tert-OH is 1. The Balaban J connectivity index is 5.27. The third kappa shape index (κ3) is 60.2. The molecule has 0 spiro atoms. The van der Waals surface area contributed by atoms with E-state index in [4.69, 9.17) is 37.0 Å². The van der Waals surface area contributed by atoms with Crippen LogP contribution in [0.3, 0.4) is 0 Å². The van der Waals surface area contributed by atoms with Crippen LogP contribution in [0.25, 0.3) is 0 Å². The fraction of sp³-hybridized carbons (Fsp3) is 0.879. The minimum atomic E-state index is -4.95. The molecule has 0 amide bonds. The van der Waals surface area contributed by atoms with E-state index < -0.39 is 97.5 Å². The minimum absolute atomic E-state index is 0.0847. The summed E-state index contributed by atoms with van der Waals surface area (Å²) in [6.07, 6.45) is 44.2. The minimum Gasteiger partial charge on any atom is -0.462 e. The van der Waals surface area contributed by atoms with Gasteiger partial charge in [-0.15, -0.1) is 0 Å². The summed E-state index contributed by atoms with van der Waals surface area (Å²) in [5, 5.41) is 10.5. The molecule has 5 atom stereocenters. The fourth-order valence-corrected chi connectivity index (χ4v) is 10.9. The molecule has 85 heavy (non-hydrogen) atoms. The van der Waals surface area contributed by atoms with Crippen LogP contribution < -0.4 is 0 Å². The number of carbonyl (C=O) groups is 4. The van der Waals surface area contributed by atoms with E-state index in [2.05, 4.69) is 65.8 Å². The molecule has 0 aromatic carbocycles. The van der Waals surface area contributed by atoms with Crippen LogP contribution in [0.5, 0.6) is 0 Å². The predicted molar refractivity (Wildman–Crippen MR) is 340 cm³/mol. The molecule has 0 fully saturated rings. The maximum atomic E-state index is 13.0. The second-order valence-electron chi connectivity index (χ2n) is 24.1. The van der Waals surface area contributed by atoms with Gasteiger partial charge in [-0.1, -0.05) is 252 Å². The standard InChI is InChI=1S/C66H124O17P2/c1-7-9-11-13-15-17-19-21-22-23-25-27-29-38-44-50-65(70)82-61(54-76-63(68)48-42-36-28-26-24-20-18-16-14-12-10-8-2)56-80-84(72,73)78-52-60(67)53-79-85(74,75)81-57-62(83-66(71)51-45-39-33-31-35-41-47-59(5)6)55-77-64(69)49-43-37-32-30-34-40-46-58(3)4/h17,19,21-22,58-62,67H,7-16,18,20,23-57H2,1-6H3,(H,72,73)(H,74,75)/b19-17-,22-21-/t60-,61-,62-/m1/s1. The van der Waals surface area contributed by atoms with Gasteiger partial charge in [0.15, 0.2) is 12.2 Å². The van der Waals surface area contributed by atoms with E-state index in [0.29, 0.717) is 37.5 Å². The van der Waals surface area contributed by atoms with E-state index in [9.17, 15) is 43.2 Å². The smallest absolute Gasteiger partial charge is 0.462 e. The molecule has 3 N–H and O–H groups in total. The lowest BCUT2D eigenvalue weighted by atomic mass is 10.0. The van der Waals surface area contributed by atoms with Gasteiger partial charge in [0.05, 0.1) is 26.4 Å².